The Morgan fingerprint density at radius 2 is 2.04 bits per heavy atom. The highest BCUT2D eigenvalue weighted by Crippen LogP contribution is 2.35. The molecule has 0 aliphatic carbocycles. The molecule has 1 N–H and O–H groups in total. The van der Waals surface area contributed by atoms with Gasteiger partial charge in [0.2, 0.25) is 0 Å². The number of hydrogen-bond donors (Lipinski definition) is 1. The highest BCUT2D eigenvalue weighted by atomic mass is 79.9. The number of nitro groups is 1. The number of benzene rings is 2. The molecule has 2 aromatic rings. The molecule has 7 nitrogen and oxygen atoms in total. The van der Waals surface area contributed by atoms with Crippen LogP contribution < -0.4 is 14.8 Å². The second-order valence-electron chi connectivity index (χ2n) is 4.79. The summed E-state index contributed by atoms with van der Waals surface area (Å²) in [5, 5.41) is 13.8. The topological polar surface area (TPSA) is 90.7 Å². The number of amides is 1. The van der Waals surface area contributed by atoms with E-state index in [4.69, 9.17) is 9.47 Å². The van der Waals surface area contributed by atoms with E-state index in [1.807, 2.05) is 0 Å². The van der Waals surface area contributed by atoms with Crippen LogP contribution in [-0.2, 0) is 0 Å². The average Bonchev–Trinajstić information content (AvgIpc) is 2.57. The van der Waals surface area contributed by atoms with Gasteiger partial charge in [-0.1, -0.05) is 0 Å². The third-order valence-electron chi connectivity index (χ3n) is 3.20. The van der Waals surface area contributed by atoms with Gasteiger partial charge in [0.15, 0.2) is 11.5 Å². The van der Waals surface area contributed by atoms with Gasteiger partial charge in [-0.25, -0.2) is 4.39 Å². The molecule has 0 unspecified atom stereocenters. The predicted octanol–water partition coefficient (Wildman–Crippen LogP) is 4.16. The average molecular weight is 413 g/mol. The molecule has 0 fully saturated rings. The molecule has 2 aromatic carbocycles. The maximum absolute atomic E-state index is 13.1. The van der Waals surface area contributed by atoms with Crippen LogP contribution in [0.25, 0.3) is 0 Å². The Hall–Kier alpha value is -2.68. The largest absolute Gasteiger partial charge is 0.493 e. The molecule has 0 saturated carbocycles. The minimum atomic E-state index is -0.734. The third kappa shape index (κ3) is 4.24. The van der Waals surface area contributed by atoms with Crippen molar-refractivity contribution in [2.75, 3.05) is 19.0 Å². The smallest absolute Gasteiger partial charge is 0.286 e. The minimum Gasteiger partial charge on any atom is -0.493 e. The minimum absolute atomic E-state index is 0.146. The Balaban J connectivity index is 2.46. The fourth-order valence-electron chi connectivity index (χ4n) is 2.09. The summed E-state index contributed by atoms with van der Waals surface area (Å²) in [6, 6.07) is 6.04. The second-order valence-corrected chi connectivity index (χ2v) is 5.64. The molecule has 0 bridgehead atoms. The molecule has 9 heteroatoms. The van der Waals surface area contributed by atoms with Crippen LogP contribution in [0.4, 0.5) is 15.8 Å². The van der Waals surface area contributed by atoms with Gasteiger partial charge < -0.3 is 14.8 Å². The quantitative estimate of drug-likeness (QED) is 0.568. The summed E-state index contributed by atoms with van der Waals surface area (Å²) in [4.78, 5) is 23.1. The summed E-state index contributed by atoms with van der Waals surface area (Å²) in [6.45, 7) is 2.02. The van der Waals surface area contributed by atoms with Crippen LogP contribution in [0.15, 0.2) is 34.8 Å². The summed E-state index contributed by atoms with van der Waals surface area (Å²) >= 11 is 3.12. The third-order valence-corrected chi connectivity index (χ3v) is 3.86. The number of ether oxygens (including phenoxy) is 2. The van der Waals surface area contributed by atoms with Gasteiger partial charge in [-0.2, -0.15) is 0 Å². The number of methoxy groups -OCH3 is 1. The number of halogens is 2. The number of nitrogens with one attached hydrogen (secondary N) is 1. The summed E-state index contributed by atoms with van der Waals surface area (Å²) in [7, 11) is 1.34. The van der Waals surface area contributed by atoms with Gasteiger partial charge in [0.05, 0.1) is 30.4 Å². The predicted molar refractivity (Wildman–Crippen MR) is 92.9 cm³/mol. The highest BCUT2D eigenvalue weighted by Gasteiger charge is 2.25. The molecule has 25 heavy (non-hydrogen) atoms. The van der Waals surface area contributed by atoms with Gasteiger partial charge in [-0.15, -0.1) is 0 Å². The van der Waals surface area contributed by atoms with Crippen LogP contribution in [0.3, 0.4) is 0 Å². The van der Waals surface area contributed by atoms with E-state index in [2.05, 4.69) is 21.2 Å². The van der Waals surface area contributed by atoms with Gasteiger partial charge in [0.25, 0.3) is 11.6 Å². The molecule has 0 heterocycles. The number of anilines is 1. The Morgan fingerprint density at radius 1 is 1.32 bits per heavy atom. The van der Waals surface area contributed by atoms with Crippen molar-refractivity contribution in [1.82, 2.24) is 0 Å². The van der Waals surface area contributed by atoms with Crippen molar-refractivity contribution >= 4 is 33.2 Å². The standard InChI is InChI=1S/C16H14BrFN2O5/c1-3-25-15-7-10(13(20(22)23)8-14(15)24-2)16(21)19-12-5-4-9(18)6-11(12)17/h4-8H,3H2,1-2H3,(H,19,21). The SMILES string of the molecule is CCOc1cc(C(=O)Nc2ccc(F)cc2Br)c([N+](=O)[O-])cc1OC. The lowest BCUT2D eigenvalue weighted by Crippen LogP contribution is -2.15. The van der Waals surface area contributed by atoms with Crippen LogP contribution in [-0.4, -0.2) is 24.5 Å². The maximum Gasteiger partial charge on any atom is 0.286 e. The summed E-state index contributed by atoms with van der Waals surface area (Å²) in [6.07, 6.45) is 0. The van der Waals surface area contributed by atoms with Crippen molar-refractivity contribution in [3.8, 4) is 11.5 Å². The Kier molecular flexibility index (Phi) is 5.92. The molecule has 0 aliphatic heterocycles. The van der Waals surface area contributed by atoms with Crippen LogP contribution in [0.2, 0.25) is 0 Å². The second kappa shape index (κ2) is 7.93. The number of nitro benzene ring substituents is 1. The van der Waals surface area contributed by atoms with E-state index in [9.17, 15) is 19.3 Å². The fourth-order valence-corrected chi connectivity index (χ4v) is 2.54. The van der Waals surface area contributed by atoms with Crippen molar-refractivity contribution in [1.29, 1.82) is 0 Å². The van der Waals surface area contributed by atoms with E-state index < -0.39 is 22.3 Å². The number of hydrogen-bond acceptors (Lipinski definition) is 5. The van der Waals surface area contributed by atoms with Gasteiger partial charge in [0.1, 0.15) is 11.4 Å². The summed E-state index contributed by atoms with van der Waals surface area (Å²) < 4.78 is 23.9. The van der Waals surface area contributed by atoms with E-state index >= 15 is 0 Å². The van der Waals surface area contributed by atoms with Crippen LogP contribution in [0.1, 0.15) is 17.3 Å². The van der Waals surface area contributed by atoms with E-state index in [1.165, 1.54) is 25.3 Å². The molecule has 0 aliphatic rings. The molecule has 132 valence electrons. The fraction of sp³-hybridized carbons (Fsp3) is 0.188. The lowest BCUT2D eigenvalue weighted by Gasteiger charge is -2.12. The zero-order chi connectivity index (χ0) is 18.6. The molecule has 0 saturated heterocycles. The number of nitrogens with zero attached hydrogens (tertiary/aromatic N) is 1. The Bertz CT molecular complexity index is 828. The van der Waals surface area contributed by atoms with Crippen LogP contribution in [0, 0.1) is 15.9 Å². The number of rotatable bonds is 6. The van der Waals surface area contributed by atoms with Gasteiger partial charge in [-0.3, -0.25) is 14.9 Å². The van der Waals surface area contributed by atoms with Crippen molar-refractivity contribution in [2.45, 2.75) is 6.92 Å². The molecular formula is C16H14BrFN2O5. The van der Waals surface area contributed by atoms with Crippen LogP contribution >= 0.6 is 15.9 Å². The molecule has 2 rings (SSSR count). The monoisotopic (exact) mass is 412 g/mol. The summed E-state index contributed by atoms with van der Waals surface area (Å²) in [5.74, 6) is -0.867. The molecule has 0 atom stereocenters. The molecule has 1 amide bonds. The van der Waals surface area contributed by atoms with E-state index in [1.54, 1.807) is 6.92 Å². The van der Waals surface area contributed by atoms with Crippen molar-refractivity contribution in [2.24, 2.45) is 0 Å². The zero-order valence-electron chi connectivity index (χ0n) is 13.3. The zero-order valence-corrected chi connectivity index (χ0v) is 14.9. The van der Waals surface area contributed by atoms with Gasteiger partial charge >= 0.3 is 0 Å². The molecule has 0 aromatic heterocycles. The first-order valence-electron chi connectivity index (χ1n) is 7.13. The van der Waals surface area contributed by atoms with E-state index in [0.29, 0.717) is 11.1 Å². The first-order chi connectivity index (χ1) is 11.9. The maximum atomic E-state index is 13.1. The van der Waals surface area contributed by atoms with Gasteiger partial charge in [0, 0.05) is 10.5 Å². The van der Waals surface area contributed by atoms with Crippen molar-refractivity contribution in [3.05, 3.63) is 56.3 Å². The molecular weight excluding hydrogens is 399 g/mol. The van der Waals surface area contributed by atoms with E-state index in [0.717, 1.165) is 12.1 Å². The molecule has 0 radical (unpaired) electrons. The number of carbonyl (C=O) groups is 1. The highest BCUT2D eigenvalue weighted by molar-refractivity contribution is 9.10. The van der Waals surface area contributed by atoms with E-state index in [-0.39, 0.29) is 22.7 Å². The van der Waals surface area contributed by atoms with Gasteiger partial charge in [-0.05, 0) is 41.1 Å². The van der Waals surface area contributed by atoms with Crippen LogP contribution in [0.5, 0.6) is 11.5 Å². The first-order valence-corrected chi connectivity index (χ1v) is 7.92. The normalized spacial score (nSPS) is 10.2. The Morgan fingerprint density at radius 3 is 2.60 bits per heavy atom. The van der Waals surface area contributed by atoms with Crippen molar-refractivity contribution < 1.29 is 23.6 Å². The molecule has 0 spiro atoms. The lowest BCUT2D eigenvalue weighted by molar-refractivity contribution is -0.385. The summed E-state index contributed by atoms with van der Waals surface area (Å²) in [5.41, 5.74) is -0.365. The van der Waals surface area contributed by atoms with Crippen molar-refractivity contribution in [3.63, 3.8) is 0 Å². The number of carbonyl (C=O) groups excluding carboxylic acids is 1. The first kappa shape index (κ1) is 18.7. The lowest BCUT2D eigenvalue weighted by atomic mass is 10.1. The Labute approximate surface area is 151 Å².